The Morgan fingerprint density at radius 1 is 1.31 bits per heavy atom. The summed E-state index contributed by atoms with van der Waals surface area (Å²) in [6.07, 6.45) is 5.20. The van der Waals surface area contributed by atoms with E-state index >= 15 is 0 Å². The van der Waals surface area contributed by atoms with Crippen LogP contribution in [-0.2, 0) is 9.59 Å². The quantitative estimate of drug-likeness (QED) is 0.507. The molecule has 0 aromatic heterocycles. The summed E-state index contributed by atoms with van der Waals surface area (Å²) in [5.74, 6) is -1.04. The highest BCUT2D eigenvalue weighted by atomic mass is 16.4. The lowest BCUT2D eigenvalue weighted by Gasteiger charge is -2.15. The summed E-state index contributed by atoms with van der Waals surface area (Å²) in [5.41, 5.74) is 0.945. The topological polar surface area (TPSA) is 66.4 Å². The molecule has 0 aromatic carbocycles. The predicted molar refractivity (Wildman–Crippen MR) is 46.9 cm³/mol. The van der Waals surface area contributed by atoms with Crippen LogP contribution < -0.4 is 5.32 Å². The van der Waals surface area contributed by atoms with E-state index in [0.29, 0.717) is 6.41 Å². The minimum Gasteiger partial charge on any atom is -0.477 e. The minimum atomic E-state index is -1.04. The molecule has 1 aliphatic rings. The van der Waals surface area contributed by atoms with Crippen molar-refractivity contribution in [3.8, 4) is 0 Å². The average molecular weight is 183 g/mol. The van der Waals surface area contributed by atoms with Crippen molar-refractivity contribution < 1.29 is 14.7 Å². The first-order valence-corrected chi connectivity index (χ1v) is 4.41. The number of amides is 1. The molecule has 0 heterocycles. The Morgan fingerprint density at radius 3 is 2.38 bits per heavy atom. The van der Waals surface area contributed by atoms with E-state index in [1.165, 1.54) is 0 Å². The molecule has 0 unspecified atom stereocenters. The van der Waals surface area contributed by atoms with Crippen LogP contribution in [0.15, 0.2) is 11.3 Å². The fourth-order valence-corrected chi connectivity index (χ4v) is 1.60. The predicted octanol–water partition coefficient (Wildman–Crippen LogP) is 1.04. The molecule has 0 radical (unpaired) electrons. The van der Waals surface area contributed by atoms with Crippen molar-refractivity contribution in [3.63, 3.8) is 0 Å². The van der Waals surface area contributed by atoms with Crippen molar-refractivity contribution in [1.82, 2.24) is 5.32 Å². The third kappa shape index (κ3) is 2.57. The molecule has 4 heteroatoms. The van der Waals surface area contributed by atoms with E-state index < -0.39 is 5.97 Å². The Morgan fingerprint density at radius 2 is 1.92 bits per heavy atom. The fraction of sp³-hybridized carbons (Fsp3) is 0.556. The zero-order valence-corrected chi connectivity index (χ0v) is 7.38. The second-order valence-corrected chi connectivity index (χ2v) is 3.11. The Balaban J connectivity index is 2.79. The van der Waals surface area contributed by atoms with Gasteiger partial charge < -0.3 is 10.4 Å². The molecule has 0 bridgehead atoms. The number of carbonyl (C=O) groups excluding carboxylic acids is 1. The van der Waals surface area contributed by atoms with Crippen LogP contribution in [-0.4, -0.2) is 17.5 Å². The molecule has 0 atom stereocenters. The number of hydrogen-bond donors (Lipinski definition) is 2. The molecule has 0 aliphatic heterocycles. The van der Waals surface area contributed by atoms with Crippen molar-refractivity contribution in [1.29, 1.82) is 0 Å². The molecule has 4 nitrogen and oxygen atoms in total. The van der Waals surface area contributed by atoms with Crippen LogP contribution in [0.4, 0.5) is 0 Å². The summed E-state index contributed by atoms with van der Waals surface area (Å²) in [6, 6.07) is 0. The van der Waals surface area contributed by atoms with Crippen molar-refractivity contribution in [2.75, 3.05) is 0 Å². The number of rotatable bonds is 3. The largest absolute Gasteiger partial charge is 0.477 e. The summed E-state index contributed by atoms with van der Waals surface area (Å²) in [6.45, 7) is 0. The van der Waals surface area contributed by atoms with Crippen LogP contribution in [0.25, 0.3) is 0 Å². The van der Waals surface area contributed by atoms with Crippen LogP contribution in [0.2, 0.25) is 0 Å². The number of allylic oxidation sites excluding steroid dienone is 1. The van der Waals surface area contributed by atoms with Gasteiger partial charge in [-0.05, 0) is 31.3 Å². The third-order valence-electron chi connectivity index (χ3n) is 2.23. The molecule has 0 spiro atoms. The maximum absolute atomic E-state index is 10.7. The summed E-state index contributed by atoms with van der Waals surface area (Å²) in [4.78, 5) is 20.9. The van der Waals surface area contributed by atoms with Crippen LogP contribution in [0.3, 0.4) is 0 Å². The lowest BCUT2D eigenvalue weighted by atomic mass is 9.93. The lowest BCUT2D eigenvalue weighted by Crippen LogP contribution is -2.21. The van der Waals surface area contributed by atoms with Crippen molar-refractivity contribution in [2.24, 2.45) is 0 Å². The number of carboxylic acid groups (broad SMARTS) is 1. The first-order chi connectivity index (χ1) is 6.25. The summed E-state index contributed by atoms with van der Waals surface area (Å²) in [5, 5.41) is 11.0. The van der Waals surface area contributed by atoms with Gasteiger partial charge in [-0.15, -0.1) is 0 Å². The maximum atomic E-state index is 10.7. The van der Waals surface area contributed by atoms with E-state index in [0.717, 1.165) is 37.7 Å². The molecule has 1 saturated carbocycles. The van der Waals surface area contributed by atoms with Gasteiger partial charge in [0, 0.05) is 0 Å². The average Bonchev–Trinajstić information content (AvgIpc) is 2.15. The SMILES string of the molecule is O=CNC(C(=O)O)=C1CCCCC1. The molecule has 72 valence electrons. The molecular weight excluding hydrogens is 170 g/mol. The number of aliphatic carboxylic acids is 1. The molecule has 0 saturated heterocycles. The Kier molecular flexibility index (Phi) is 3.49. The third-order valence-corrected chi connectivity index (χ3v) is 2.23. The molecule has 1 amide bonds. The van der Waals surface area contributed by atoms with Crippen LogP contribution >= 0.6 is 0 Å². The summed E-state index contributed by atoms with van der Waals surface area (Å²) >= 11 is 0. The second kappa shape index (κ2) is 4.64. The van der Waals surface area contributed by atoms with Crippen LogP contribution in [0.5, 0.6) is 0 Å². The maximum Gasteiger partial charge on any atom is 0.352 e. The Labute approximate surface area is 76.6 Å². The Hall–Kier alpha value is -1.32. The van der Waals surface area contributed by atoms with Crippen LogP contribution in [0.1, 0.15) is 32.1 Å². The van der Waals surface area contributed by atoms with Gasteiger partial charge in [-0.3, -0.25) is 4.79 Å². The van der Waals surface area contributed by atoms with Gasteiger partial charge in [0.1, 0.15) is 5.70 Å². The number of hydrogen-bond acceptors (Lipinski definition) is 2. The normalized spacial score (nSPS) is 16.5. The number of carbonyl (C=O) groups is 2. The first kappa shape index (κ1) is 9.77. The van der Waals surface area contributed by atoms with Gasteiger partial charge in [0.15, 0.2) is 0 Å². The molecule has 1 fully saturated rings. The minimum absolute atomic E-state index is 0.0784. The molecular formula is C9H13NO3. The van der Waals surface area contributed by atoms with Crippen molar-refractivity contribution >= 4 is 12.4 Å². The first-order valence-electron chi connectivity index (χ1n) is 4.41. The lowest BCUT2D eigenvalue weighted by molar-refractivity contribution is -0.133. The van der Waals surface area contributed by atoms with E-state index in [4.69, 9.17) is 5.11 Å². The monoisotopic (exact) mass is 183 g/mol. The Bertz CT molecular complexity index is 237. The van der Waals surface area contributed by atoms with Gasteiger partial charge in [0.2, 0.25) is 6.41 Å². The van der Waals surface area contributed by atoms with Gasteiger partial charge in [-0.2, -0.15) is 0 Å². The number of carboxylic acids is 1. The highest BCUT2D eigenvalue weighted by Crippen LogP contribution is 2.24. The van der Waals surface area contributed by atoms with Crippen molar-refractivity contribution in [2.45, 2.75) is 32.1 Å². The molecule has 1 aliphatic carbocycles. The zero-order valence-electron chi connectivity index (χ0n) is 7.38. The standard InChI is InChI=1S/C9H13NO3/c11-6-10-8(9(12)13)7-4-2-1-3-5-7/h6H,1-5H2,(H,10,11)(H,12,13). The molecule has 0 aromatic rings. The van der Waals surface area contributed by atoms with Crippen LogP contribution in [0, 0.1) is 0 Å². The van der Waals surface area contributed by atoms with E-state index in [2.05, 4.69) is 5.32 Å². The van der Waals surface area contributed by atoms with Crippen molar-refractivity contribution in [3.05, 3.63) is 11.3 Å². The zero-order chi connectivity index (χ0) is 9.68. The number of nitrogens with one attached hydrogen (secondary N) is 1. The van der Waals surface area contributed by atoms with Gasteiger partial charge >= 0.3 is 5.97 Å². The molecule has 13 heavy (non-hydrogen) atoms. The smallest absolute Gasteiger partial charge is 0.352 e. The van der Waals surface area contributed by atoms with E-state index in [9.17, 15) is 9.59 Å². The highest BCUT2D eigenvalue weighted by Gasteiger charge is 2.15. The van der Waals surface area contributed by atoms with Gasteiger partial charge in [-0.1, -0.05) is 6.42 Å². The molecule has 2 N–H and O–H groups in total. The van der Waals surface area contributed by atoms with E-state index in [-0.39, 0.29) is 5.70 Å². The second-order valence-electron chi connectivity index (χ2n) is 3.11. The van der Waals surface area contributed by atoms with E-state index in [1.807, 2.05) is 0 Å². The fourth-order valence-electron chi connectivity index (χ4n) is 1.60. The molecule has 1 rings (SSSR count). The highest BCUT2D eigenvalue weighted by molar-refractivity contribution is 5.89. The van der Waals surface area contributed by atoms with Gasteiger partial charge in [-0.25, -0.2) is 4.79 Å². The summed E-state index contributed by atoms with van der Waals surface area (Å²) < 4.78 is 0. The summed E-state index contributed by atoms with van der Waals surface area (Å²) in [7, 11) is 0. The van der Waals surface area contributed by atoms with Gasteiger partial charge in [0.05, 0.1) is 0 Å². The van der Waals surface area contributed by atoms with E-state index in [1.54, 1.807) is 0 Å². The van der Waals surface area contributed by atoms with Gasteiger partial charge in [0.25, 0.3) is 0 Å².